The number of aromatic nitrogens is 4. The fourth-order valence-electron chi connectivity index (χ4n) is 3.02. The molecule has 1 aromatic carbocycles. The Bertz CT molecular complexity index is 1130. The first-order valence-corrected chi connectivity index (χ1v) is 9.36. The zero-order valence-corrected chi connectivity index (χ0v) is 15.6. The Morgan fingerprint density at radius 2 is 2.07 bits per heavy atom. The van der Waals surface area contributed by atoms with E-state index in [2.05, 4.69) is 15.0 Å². The van der Waals surface area contributed by atoms with Crippen molar-refractivity contribution in [1.29, 1.82) is 0 Å². The number of fused-ring (bicyclic) bond motifs is 1. The SMILES string of the molecule is Cc1cn(-c2cc(C(F)(F)F)ccc2CCC(=O)c2cc3ncsc3[nH]2)cn1. The van der Waals surface area contributed by atoms with Gasteiger partial charge in [0.05, 0.1) is 34.5 Å². The second-order valence-corrected chi connectivity index (χ2v) is 7.29. The molecule has 9 heteroatoms. The number of carbonyl (C=O) groups is 1. The number of aromatic amines is 1. The first-order valence-electron chi connectivity index (χ1n) is 8.48. The predicted molar refractivity (Wildman–Crippen MR) is 99.9 cm³/mol. The molecule has 0 saturated carbocycles. The third-order valence-electron chi connectivity index (χ3n) is 4.45. The lowest BCUT2D eigenvalue weighted by Gasteiger charge is -2.14. The Kier molecular flexibility index (Phi) is 4.54. The summed E-state index contributed by atoms with van der Waals surface area (Å²) in [6.07, 6.45) is -0.836. The lowest BCUT2D eigenvalue weighted by molar-refractivity contribution is -0.137. The van der Waals surface area contributed by atoms with Crippen molar-refractivity contribution in [2.75, 3.05) is 0 Å². The number of alkyl halides is 3. The quantitative estimate of drug-likeness (QED) is 0.479. The molecule has 0 atom stereocenters. The number of halogens is 3. The zero-order chi connectivity index (χ0) is 19.9. The van der Waals surface area contributed by atoms with Gasteiger partial charge in [-0.15, -0.1) is 11.3 Å². The highest BCUT2D eigenvalue weighted by Crippen LogP contribution is 2.32. The summed E-state index contributed by atoms with van der Waals surface area (Å²) >= 11 is 1.41. The highest BCUT2D eigenvalue weighted by atomic mass is 32.1. The van der Waals surface area contributed by atoms with Crippen molar-refractivity contribution in [3.8, 4) is 5.69 Å². The highest BCUT2D eigenvalue weighted by molar-refractivity contribution is 7.16. The number of ketones is 1. The first kappa shape index (κ1) is 18.4. The Morgan fingerprint density at radius 1 is 1.25 bits per heavy atom. The number of thiazole rings is 1. The summed E-state index contributed by atoms with van der Waals surface area (Å²) in [7, 11) is 0. The summed E-state index contributed by atoms with van der Waals surface area (Å²) in [4.78, 5) is 24.6. The van der Waals surface area contributed by atoms with Crippen LogP contribution in [0.4, 0.5) is 13.2 Å². The molecule has 0 fully saturated rings. The van der Waals surface area contributed by atoms with Gasteiger partial charge < -0.3 is 9.55 Å². The average molecular weight is 404 g/mol. The van der Waals surface area contributed by atoms with Crippen molar-refractivity contribution in [3.05, 3.63) is 64.8 Å². The summed E-state index contributed by atoms with van der Waals surface area (Å²) in [5.41, 5.74) is 3.86. The van der Waals surface area contributed by atoms with Gasteiger partial charge in [-0.1, -0.05) is 6.07 Å². The highest BCUT2D eigenvalue weighted by Gasteiger charge is 2.31. The normalized spacial score (nSPS) is 12.0. The second kappa shape index (κ2) is 6.90. The van der Waals surface area contributed by atoms with Crippen molar-refractivity contribution < 1.29 is 18.0 Å². The molecule has 28 heavy (non-hydrogen) atoms. The van der Waals surface area contributed by atoms with Crippen LogP contribution in [0.1, 0.15) is 33.7 Å². The van der Waals surface area contributed by atoms with Gasteiger partial charge in [0.25, 0.3) is 0 Å². The average Bonchev–Trinajstić information content (AvgIpc) is 3.34. The monoisotopic (exact) mass is 404 g/mol. The Labute approximate surface area is 161 Å². The fraction of sp³-hybridized carbons (Fsp3) is 0.211. The summed E-state index contributed by atoms with van der Waals surface area (Å²) < 4.78 is 41.0. The number of imidazole rings is 1. The molecule has 0 radical (unpaired) electrons. The van der Waals surface area contributed by atoms with Gasteiger partial charge in [0.15, 0.2) is 5.78 Å². The van der Waals surface area contributed by atoms with E-state index in [0.29, 0.717) is 29.1 Å². The molecule has 0 unspecified atom stereocenters. The van der Waals surface area contributed by atoms with Gasteiger partial charge in [0.1, 0.15) is 10.3 Å². The molecule has 0 aliphatic carbocycles. The molecular weight excluding hydrogens is 389 g/mol. The third-order valence-corrected chi connectivity index (χ3v) is 5.21. The van der Waals surface area contributed by atoms with Crippen molar-refractivity contribution in [2.45, 2.75) is 25.9 Å². The van der Waals surface area contributed by atoms with Crippen LogP contribution in [0.25, 0.3) is 16.0 Å². The van der Waals surface area contributed by atoms with Crippen LogP contribution >= 0.6 is 11.3 Å². The molecule has 1 N–H and O–H groups in total. The number of rotatable bonds is 5. The number of carbonyl (C=O) groups excluding carboxylic acids is 1. The maximum absolute atomic E-state index is 13.1. The molecule has 3 aromatic heterocycles. The van der Waals surface area contributed by atoms with Crippen LogP contribution in [0, 0.1) is 6.92 Å². The van der Waals surface area contributed by atoms with Gasteiger partial charge in [-0.05, 0) is 37.1 Å². The molecule has 0 spiro atoms. The molecule has 0 bridgehead atoms. The molecule has 4 aromatic rings. The van der Waals surface area contributed by atoms with Gasteiger partial charge in [0, 0.05) is 12.6 Å². The molecule has 5 nitrogen and oxygen atoms in total. The van der Waals surface area contributed by atoms with Crippen LogP contribution in [0.3, 0.4) is 0 Å². The fourth-order valence-corrected chi connectivity index (χ4v) is 3.70. The lowest BCUT2D eigenvalue weighted by Crippen LogP contribution is -2.09. The molecule has 4 rings (SSSR count). The van der Waals surface area contributed by atoms with Crippen LogP contribution in [-0.4, -0.2) is 25.3 Å². The molecule has 0 saturated heterocycles. The third kappa shape index (κ3) is 3.57. The van der Waals surface area contributed by atoms with Gasteiger partial charge in [0.2, 0.25) is 0 Å². The number of hydrogen-bond acceptors (Lipinski definition) is 4. The minimum atomic E-state index is -4.44. The number of benzene rings is 1. The predicted octanol–water partition coefficient (Wildman–Crippen LogP) is 4.95. The van der Waals surface area contributed by atoms with E-state index >= 15 is 0 Å². The smallest absolute Gasteiger partial charge is 0.342 e. The molecule has 144 valence electrons. The number of nitrogens with zero attached hydrogens (tertiary/aromatic N) is 3. The number of aryl methyl sites for hydroxylation is 2. The van der Waals surface area contributed by atoms with Crippen LogP contribution in [0.2, 0.25) is 0 Å². The van der Waals surface area contributed by atoms with Crippen molar-refractivity contribution in [3.63, 3.8) is 0 Å². The van der Waals surface area contributed by atoms with Crippen molar-refractivity contribution >= 4 is 27.5 Å². The number of Topliss-reactive ketones (excluding diaryl/α,β-unsaturated/α-hetero) is 1. The standard InChI is InChI=1S/C19H15F3N4OS/c1-11-8-26(9-23-11)16-6-13(19(20,21)22)4-2-12(16)3-5-17(27)14-7-15-18(25-14)28-10-24-15/h2,4,6-10,25H,3,5H2,1H3. The van der Waals surface area contributed by atoms with Gasteiger partial charge >= 0.3 is 6.18 Å². The maximum Gasteiger partial charge on any atom is 0.416 e. The van der Waals surface area contributed by atoms with Crippen molar-refractivity contribution in [2.24, 2.45) is 0 Å². The lowest BCUT2D eigenvalue weighted by atomic mass is 10.0. The molecule has 0 aliphatic rings. The minimum absolute atomic E-state index is 0.113. The molecule has 0 amide bonds. The Hall–Kier alpha value is -2.94. The van der Waals surface area contributed by atoms with Crippen LogP contribution in [-0.2, 0) is 12.6 Å². The second-order valence-electron chi connectivity index (χ2n) is 6.44. The van der Waals surface area contributed by atoms with E-state index < -0.39 is 11.7 Å². The van der Waals surface area contributed by atoms with E-state index in [1.807, 2.05) is 0 Å². The Morgan fingerprint density at radius 3 is 2.75 bits per heavy atom. The molecule has 0 aliphatic heterocycles. The summed E-state index contributed by atoms with van der Waals surface area (Å²) in [5.74, 6) is -0.113. The van der Waals surface area contributed by atoms with Gasteiger partial charge in [-0.2, -0.15) is 13.2 Å². The van der Waals surface area contributed by atoms with E-state index in [1.165, 1.54) is 23.7 Å². The van der Waals surface area contributed by atoms with E-state index in [0.717, 1.165) is 22.5 Å². The van der Waals surface area contributed by atoms with E-state index in [4.69, 9.17) is 0 Å². The topological polar surface area (TPSA) is 63.6 Å². The number of hydrogen-bond donors (Lipinski definition) is 1. The van der Waals surface area contributed by atoms with Gasteiger partial charge in [-0.3, -0.25) is 4.79 Å². The van der Waals surface area contributed by atoms with Gasteiger partial charge in [-0.25, -0.2) is 9.97 Å². The van der Waals surface area contributed by atoms with E-state index in [-0.39, 0.29) is 12.2 Å². The number of nitrogens with one attached hydrogen (secondary N) is 1. The first-order chi connectivity index (χ1) is 13.3. The van der Waals surface area contributed by atoms with Crippen molar-refractivity contribution in [1.82, 2.24) is 19.5 Å². The van der Waals surface area contributed by atoms with Crippen LogP contribution in [0.15, 0.2) is 42.3 Å². The Balaban J connectivity index is 1.61. The largest absolute Gasteiger partial charge is 0.416 e. The zero-order valence-electron chi connectivity index (χ0n) is 14.7. The molecule has 3 heterocycles. The van der Waals surface area contributed by atoms with E-state index in [1.54, 1.807) is 29.3 Å². The maximum atomic E-state index is 13.1. The summed E-state index contributed by atoms with van der Waals surface area (Å²) in [5, 5.41) is 0. The summed E-state index contributed by atoms with van der Waals surface area (Å²) in [6.45, 7) is 1.76. The molecular formula is C19H15F3N4OS. The van der Waals surface area contributed by atoms with Crippen LogP contribution in [0.5, 0.6) is 0 Å². The minimum Gasteiger partial charge on any atom is -0.342 e. The summed E-state index contributed by atoms with van der Waals surface area (Å²) in [6, 6.07) is 5.26. The number of H-pyrrole nitrogens is 1. The van der Waals surface area contributed by atoms with Crippen LogP contribution < -0.4 is 0 Å². The van der Waals surface area contributed by atoms with E-state index in [9.17, 15) is 18.0 Å².